The fourth-order valence-electron chi connectivity index (χ4n) is 3.38. The van der Waals surface area contributed by atoms with Crippen molar-refractivity contribution < 1.29 is 29.3 Å². The fourth-order valence-corrected chi connectivity index (χ4v) is 3.38. The average molecular weight is 446 g/mol. The van der Waals surface area contributed by atoms with Gasteiger partial charge in [0, 0.05) is 52.7 Å². The van der Waals surface area contributed by atoms with Crippen molar-refractivity contribution in [2.45, 2.75) is 71.2 Å². The SMILES string of the molecule is CC(=O)N1CCN(C(=O)CCCN)CCCCOC[C@@H](O)[C@@H](O)[C@H](OCCC(C)C)C1. The van der Waals surface area contributed by atoms with Crippen LogP contribution < -0.4 is 5.73 Å². The first kappa shape index (κ1) is 27.8. The molecular weight excluding hydrogens is 402 g/mol. The van der Waals surface area contributed by atoms with Crippen LogP contribution in [-0.2, 0) is 19.1 Å². The van der Waals surface area contributed by atoms with Crippen LogP contribution in [0.3, 0.4) is 0 Å². The summed E-state index contributed by atoms with van der Waals surface area (Å²) < 4.78 is 11.4. The number of nitrogens with two attached hydrogens (primary N) is 1. The third kappa shape index (κ3) is 11.2. The van der Waals surface area contributed by atoms with Crippen LogP contribution in [0.2, 0.25) is 0 Å². The molecule has 0 aliphatic carbocycles. The zero-order valence-corrected chi connectivity index (χ0v) is 19.5. The molecule has 1 fully saturated rings. The molecule has 0 spiro atoms. The Balaban J connectivity index is 2.93. The van der Waals surface area contributed by atoms with Crippen LogP contribution in [0.5, 0.6) is 0 Å². The molecule has 0 saturated carbocycles. The standard InChI is InChI=1S/C22H43N3O6/c1-17(2)8-14-31-20-15-25(18(3)26)12-11-24(21(28)7-6-9-23)10-4-5-13-30-16-19(27)22(20)29/h17,19-20,22,27,29H,4-16,23H2,1-3H3/t19-,20-,22-/m1/s1. The summed E-state index contributed by atoms with van der Waals surface area (Å²) in [6.07, 6.45) is 0.283. The van der Waals surface area contributed by atoms with E-state index < -0.39 is 18.3 Å². The lowest BCUT2D eigenvalue weighted by Crippen LogP contribution is -2.50. The molecule has 1 heterocycles. The van der Waals surface area contributed by atoms with Crippen molar-refractivity contribution in [3.05, 3.63) is 0 Å². The quantitative estimate of drug-likeness (QED) is 0.517. The molecule has 2 amide bonds. The smallest absolute Gasteiger partial charge is 0.222 e. The predicted molar refractivity (Wildman–Crippen MR) is 118 cm³/mol. The molecule has 0 aromatic carbocycles. The Kier molecular flexibility index (Phi) is 13.9. The summed E-state index contributed by atoms with van der Waals surface area (Å²) in [5.41, 5.74) is 5.54. The molecule has 0 aromatic heterocycles. The minimum absolute atomic E-state index is 0.00950. The molecule has 1 aliphatic rings. The summed E-state index contributed by atoms with van der Waals surface area (Å²) in [6, 6.07) is 0. The monoisotopic (exact) mass is 445 g/mol. The van der Waals surface area contributed by atoms with Crippen LogP contribution in [-0.4, -0.2) is 103 Å². The van der Waals surface area contributed by atoms with Gasteiger partial charge in [-0.3, -0.25) is 9.59 Å². The Hall–Kier alpha value is -1.26. The maximum absolute atomic E-state index is 12.6. The molecule has 0 bridgehead atoms. The summed E-state index contributed by atoms with van der Waals surface area (Å²) in [6.45, 7) is 8.38. The number of hydrogen-bond donors (Lipinski definition) is 3. The van der Waals surface area contributed by atoms with E-state index in [1.807, 2.05) is 0 Å². The molecule has 0 aromatic rings. The van der Waals surface area contributed by atoms with Crippen LogP contribution in [0.1, 0.15) is 52.9 Å². The molecule has 1 aliphatic heterocycles. The van der Waals surface area contributed by atoms with Crippen molar-refractivity contribution in [1.82, 2.24) is 9.80 Å². The zero-order chi connectivity index (χ0) is 23.2. The molecule has 31 heavy (non-hydrogen) atoms. The Morgan fingerprint density at radius 1 is 1.16 bits per heavy atom. The molecular formula is C22H43N3O6. The van der Waals surface area contributed by atoms with Crippen LogP contribution in [0.25, 0.3) is 0 Å². The molecule has 182 valence electrons. The Morgan fingerprint density at radius 2 is 1.87 bits per heavy atom. The maximum atomic E-state index is 12.6. The number of carbonyl (C=O) groups is 2. The van der Waals surface area contributed by atoms with Crippen LogP contribution in [0.4, 0.5) is 0 Å². The minimum atomic E-state index is -1.18. The summed E-state index contributed by atoms with van der Waals surface area (Å²) in [5.74, 6) is 0.292. The van der Waals surface area contributed by atoms with Gasteiger partial charge in [0.15, 0.2) is 0 Å². The van der Waals surface area contributed by atoms with Crippen molar-refractivity contribution in [3.63, 3.8) is 0 Å². The molecule has 4 N–H and O–H groups in total. The van der Waals surface area contributed by atoms with Gasteiger partial charge in [0.25, 0.3) is 0 Å². The lowest BCUT2D eigenvalue weighted by molar-refractivity contribution is -0.142. The van der Waals surface area contributed by atoms with E-state index in [0.29, 0.717) is 58.2 Å². The van der Waals surface area contributed by atoms with Gasteiger partial charge in [0.2, 0.25) is 11.8 Å². The number of rotatable bonds is 7. The van der Waals surface area contributed by atoms with Crippen molar-refractivity contribution >= 4 is 11.8 Å². The number of carbonyl (C=O) groups excluding carboxylic acids is 2. The first-order chi connectivity index (χ1) is 14.8. The minimum Gasteiger partial charge on any atom is -0.388 e. The second-order valence-corrected chi connectivity index (χ2v) is 8.67. The second kappa shape index (κ2) is 15.5. The molecule has 1 saturated heterocycles. The van der Waals surface area contributed by atoms with Crippen LogP contribution in [0.15, 0.2) is 0 Å². The average Bonchev–Trinajstić information content (AvgIpc) is 2.72. The number of hydrogen-bond acceptors (Lipinski definition) is 7. The van der Waals surface area contributed by atoms with E-state index in [2.05, 4.69) is 13.8 Å². The van der Waals surface area contributed by atoms with E-state index >= 15 is 0 Å². The summed E-state index contributed by atoms with van der Waals surface area (Å²) in [7, 11) is 0. The predicted octanol–water partition coefficient (Wildman–Crippen LogP) is 0.366. The number of aliphatic hydroxyl groups is 2. The number of amides is 2. The topological polar surface area (TPSA) is 126 Å². The number of aliphatic hydroxyl groups excluding tert-OH is 2. The van der Waals surface area contributed by atoms with E-state index in [4.69, 9.17) is 15.2 Å². The Morgan fingerprint density at radius 3 is 2.52 bits per heavy atom. The van der Waals surface area contributed by atoms with Gasteiger partial charge >= 0.3 is 0 Å². The largest absolute Gasteiger partial charge is 0.388 e. The number of nitrogens with zero attached hydrogens (tertiary/aromatic N) is 2. The van der Waals surface area contributed by atoms with E-state index in [9.17, 15) is 19.8 Å². The zero-order valence-electron chi connectivity index (χ0n) is 19.5. The van der Waals surface area contributed by atoms with Crippen molar-refractivity contribution in [3.8, 4) is 0 Å². The van der Waals surface area contributed by atoms with Gasteiger partial charge in [0.05, 0.1) is 6.61 Å². The van der Waals surface area contributed by atoms with E-state index in [1.54, 1.807) is 9.80 Å². The highest BCUT2D eigenvalue weighted by Gasteiger charge is 2.30. The molecule has 3 atom stereocenters. The molecule has 9 nitrogen and oxygen atoms in total. The highest BCUT2D eigenvalue weighted by Crippen LogP contribution is 2.12. The van der Waals surface area contributed by atoms with Gasteiger partial charge in [-0.15, -0.1) is 0 Å². The van der Waals surface area contributed by atoms with Crippen molar-refractivity contribution in [1.29, 1.82) is 0 Å². The third-order valence-electron chi connectivity index (χ3n) is 5.49. The molecule has 0 unspecified atom stereocenters. The molecule has 9 heteroatoms. The first-order valence-electron chi connectivity index (χ1n) is 11.5. The maximum Gasteiger partial charge on any atom is 0.222 e. The first-order valence-corrected chi connectivity index (χ1v) is 11.5. The van der Waals surface area contributed by atoms with Crippen LogP contribution >= 0.6 is 0 Å². The van der Waals surface area contributed by atoms with Crippen molar-refractivity contribution in [2.24, 2.45) is 11.7 Å². The van der Waals surface area contributed by atoms with Gasteiger partial charge in [-0.05, 0) is 38.1 Å². The van der Waals surface area contributed by atoms with E-state index in [0.717, 1.165) is 19.3 Å². The Labute approximate surface area is 186 Å². The lowest BCUT2D eigenvalue weighted by atomic mass is 10.1. The third-order valence-corrected chi connectivity index (χ3v) is 5.49. The highest BCUT2D eigenvalue weighted by atomic mass is 16.5. The Bertz CT molecular complexity index is 519. The van der Waals surface area contributed by atoms with E-state index in [1.165, 1.54) is 6.92 Å². The summed E-state index contributed by atoms with van der Waals surface area (Å²) >= 11 is 0. The normalized spacial score (nSPS) is 24.8. The van der Waals surface area contributed by atoms with Gasteiger partial charge in [-0.2, -0.15) is 0 Å². The lowest BCUT2D eigenvalue weighted by Gasteiger charge is -2.33. The van der Waals surface area contributed by atoms with Crippen LogP contribution in [0, 0.1) is 5.92 Å². The van der Waals surface area contributed by atoms with Crippen molar-refractivity contribution in [2.75, 3.05) is 52.5 Å². The van der Waals surface area contributed by atoms with Gasteiger partial charge in [-0.25, -0.2) is 0 Å². The number of ether oxygens (including phenoxy) is 2. The molecule has 0 radical (unpaired) electrons. The van der Waals surface area contributed by atoms with Gasteiger partial charge < -0.3 is 35.2 Å². The van der Waals surface area contributed by atoms with Gasteiger partial charge in [-0.1, -0.05) is 13.8 Å². The van der Waals surface area contributed by atoms with Gasteiger partial charge in [0.1, 0.15) is 18.3 Å². The molecule has 1 rings (SSSR count). The summed E-state index contributed by atoms with van der Waals surface area (Å²) in [4.78, 5) is 28.2. The second-order valence-electron chi connectivity index (χ2n) is 8.67. The van der Waals surface area contributed by atoms with E-state index in [-0.39, 0.29) is 25.0 Å². The fraction of sp³-hybridized carbons (Fsp3) is 0.909. The highest BCUT2D eigenvalue weighted by molar-refractivity contribution is 5.76. The summed E-state index contributed by atoms with van der Waals surface area (Å²) in [5, 5.41) is 21.0.